The Morgan fingerprint density at radius 1 is 1.64 bits per heavy atom. The van der Waals surface area contributed by atoms with Crippen LogP contribution in [0.25, 0.3) is 0 Å². The fraction of sp³-hybridized carbons (Fsp3) is 0.750. The van der Waals surface area contributed by atoms with Gasteiger partial charge in [-0.2, -0.15) is 0 Å². The molecule has 1 aliphatic rings. The number of aliphatic carboxylic acids is 1. The number of carboxylic acid groups (broad SMARTS) is 1. The van der Waals surface area contributed by atoms with Gasteiger partial charge < -0.3 is 15.6 Å². The van der Waals surface area contributed by atoms with Crippen molar-refractivity contribution in [3.63, 3.8) is 0 Å². The zero-order chi connectivity index (χ0) is 10.9. The molecule has 0 bridgehead atoms. The Balaban J connectivity index is 2.83. The minimum atomic E-state index is -1.05. The Labute approximate surface area is 81.6 Å². The average Bonchev–Trinajstić information content (AvgIpc) is 2.40. The Morgan fingerprint density at radius 2 is 2.21 bits per heavy atom. The second-order valence-corrected chi connectivity index (χ2v) is 3.81. The van der Waals surface area contributed by atoms with Crippen LogP contribution in [-0.2, 0) is 9.53 Å². The summed E-state index contributed by atoms with van der Waals surface area (Å²) in [6.07, 6.45) is -0.399. The van der Waals surface area contributed by atoms with E-state index in [0.717, 1.165) is 4.90 Å². The van der Waals surface area contributed by atoms with E-state index in [9.17, 15) is 9.59 Å². The van der Waals surface area contributed by atoms with Gasteiger partial charge in [0.05, 0.1) is 7.11 Å². The smallest absolute Gasteiger partial charge is 0.410 e. The van der Waals surface area contributed by atoms with Gasteiger partial charge in [0.2, 0.25) is 0 Å². The predicted molar refractivity (Wildman–Crippen MR) is 47.7 cm³/mol. The standard InChI is InChI=1S/C8H14N2O4/c1-8(9)3-5(6(11)12)10(4-8)7(13)14-2/h5H,3-4,9H2,1-2H3,(H,11,12)/t5-,8+/m0/s1. The lowest BCUT2D eigenvalue weighted by Crippen LogP contribution is -2.42. The number of nitrogens with zero attached hydrogens (tertiary/aromatic N) is 1. The summed E-state index contributed by atoms with van der Waals surface area (Å²) in [5, 5.41) is 8.86. The Morgan fingerprint density at radius 3 is 2.64 bits per heavy atom. The van der Waals surface area contributed by atoms with Gasteiger partial charge in [-0.05, 0) is 13.3 Å². The zero-order valence-corrected chi connectivity index (χ0v) is 8.19. The molecule has 0 unspecified atom stereocenters. The van der Waals surface area contributed by atoms with Gasteiger partial charge in [0.15, 0.2) is 0 Å². The summed E-state index contributed by atoms with van der Waals surface area (Å²) in [5.74, 6) is -1.05. The third-order valence-corrected chi connectivity index (χ3v) is 2.26. The van der Waals surface area contributed by atoms with Crippen LogP contribution < -0.4 is 5.73 Å². The fourth-order valence-corrected chi connectivity index (χ4v) is 1.65. The van der Waals surface area contributed by atoms with E-state index in [4.69, 9.17) is 10.8 Å². The third-order valence-electron chi connectivity index (χ3n) is 2.26. The highest BCUT2D eigenvalue weighted by molar-refractivity contribution is 5.81. The topological polar surface area (TPSA) is 92.9 Å². The van der Waals surface area contributed by atoms with Crippen molar-refractivity contribution in [2.45, 2.75) is 24.9 Å². The first kappa shape index (κ1) is 10.8. The van der Waals surface area contributed by atoms with Crippen molar-refractivity contribution in [1.29, 1.82) is 0 Å². The average molecular weight is 202 g/mol. The molecule has 0 aromatic rings. The highest BCUT2D eigenvalue weighted by Crippen LogP contribution is 2.25. The molecule has 1 saturated heterocycles. The third kappa shape index (κ3) is 1.95. The minimum absolute atomic E-state index is 0.205. The zero-order valence-electron chi connectivity index (χ0n) is 8.19. The monoisotopic (exact) mass is 202 g/mol. The number of carboxylic acids is 1. The molecule has 1 heterocycles. The lowest BCUT2D eigenvalue weighted by Gasteiger charge is -2.20. The molecule has 0 saturated carbocycles. The first-order chi connectivity index (χ1) is 6.37. The van der Waals surface area contributed by atoms with Gasteiger partial charge in [-0.25, -0.2) is 9.59 Å². The van der Waals surface area contributed by atoms with Crippen LogP contribution >= 0.6 is 0 Å². The van der Waals surface area contributed by atoms with Gasteiger partial charge >= 0.3 is 12.1 Å². The minimum Gasteiger partial charge on any atom is -0.480 e. The number of hydrogen-bond donors (Lipinski definition) is 2. The van der Waals surface area contributed by atoms with Crippen molar-refractivity contribution in [3.05, 3.63) is 0 Å². The SMILES string of the molecule is COC(=O)N1C[C@](C)(N)C[C@H]1C(=O)O. The van der Waals surface area contributed by atoms with Crippen LogP contribution in [0.15, 0.2) is 0 Å². The predicted octanol–water partition coefficient (Wildman–Crippen LogP) is -0.371. The van der Waals surface area contributed by atoms with Crippen LogP contribution in [0.2, 0.25) is 0 Å². The van der Waals surface area contributed by atoms with Gasteiger partial charge in [-0.15, -0.1) is 0 Å². The van der Waals surface area contributed by atoms with Crippen LogP contribution in [0.4, 0.5) is 4.79 Å². The normalized spacial score (nSPS) is 31.6. The number of ether oxygens (including phenoxy) is 1. The van der Waals surface area contributed by atoms with Crippen LogP contribution in [0.5, 0.6) is 0 Å². The van der Waals surface area contributed by atoms with Crippen molar-refractivity contribution in [1.82, 2.24) is 4.90 Å². The number of methoxy groups -OCH3 is 1. The molecule has 6 heteroatoms. The summed E-state index contributed by atoms with van der Waals surface area (Å²) in [6.45, 7) is 1.92. The maximum Gasteiger partial charge on any atom is 0.410 e. The van der Waals surface area contributed by atoms with E-state index in [0.29, 0.717) is 0 Å². The van der Waals surface area contributed by atoms with Crippen molar-refractivity contribution in [2.75, 3.05) is 13.7 Å². The molecule has 14 heavy (non-hydrogen) atoms. The van der Waals surface area contributed by atoms with Crippen molar-refractivity contribution in [3.8, 4) is 0 Å². The van der Waals surface area contributed by atoms with Gasteiger partial charge in [-0.1, -0.05) is 0 Å². The number of amides is 1. The summed E-state index contributed by atoms with van der Waals surface area (Å²) >= 11 is 0. The molecule has 6 nitrogen and oxygen atoms in total. The molecule has 1 fully saturated rings. The fourth-order valence-electron chi connectivity index (χ4n) is 1.65. The molecule has 0 spiro atoms. The van der Waals surface area contributed by atoms with Crippen LogP contribution in [0.1, 0.15) is 13.3 Å². The molecule has 0 aliphatic carbocycles. The largest absolute Gasteiger partial charge is 0.480 e. The number of rotatable bonds is 1. The lowest BCUT2D eigenvalue weighted by atomic mass is 10.0. The van der Waals surface area contributed by atoms with Crippen LogP contribution in [-0.4, -0.2) is 47.3 Å². The maximum atomic E-state index is 11.2. The van der Waals surface area contributed by atoms with Gasteiger partial charge in [0.25, 0.3) is 0 Å². The number of carbonyl (C=O) groups excluding carboxylic acids is 1. The maximum absolute atomic E-state index is 11.2. The quantitative estimate of drug-likeness (QED) is 0.605. The molecular weight excluding hydrogens is 188 g/mol. The first-order valence-corrected chi connectivity index (χ1v) is 4.23. The van der Waals surface area contributed by atoms with E-state index in [-0.39, 0.29) is 13.0 Å². The van der Waals surface area contributed by atoms with Crippen molar-refractivity contribution in [2.24, 2.45) is 5.73 Å². The molecule has 3 N–H and O–H groups in total. The highest BCUT2D eigenvalue weighted by Gasteiger charge is 2.44. The van der Waals surface area contributed by atoms with Gasteiger partial charge in [0, 0.05) is 12.1 Å². The lowest BCUT2D eigenvalue weighted by molar-refractivity contribution is -0.141. The summed E-state index contributed by atoms with van der Waals surface area (Å²) in [4.78, 5) is 23.2. The second-order valence-electron chi connectivity index (χ2n) is 3.81. The molecule has 0 aromatic carbocycles. The van der Waals surface area contributed by atoms with Crippen LogP contribution in [0.3, 0.4) is 0 Å². The molecule has 0 aromatic heterocycles. The van der Waals surface area contributed by atoms with E-state index >= 15 is 0 Å². The Hall–Kier alpha value is -1.30. The summed E-state index contributed by atoms with van der Waals surface area (Å²) in [7, 11) is 1.22. The first-order valence-electron chi connectivity index (χ1n) is 4.23. The van der Waals surface area contributed by atoms with Gasteiger partial charge in [-0.3, -0.25) is 4.90 Å². The summed E-state index contributed by atoms with van der Waals surface area (Å²) < 4.78 is 4.48. The number of likely N-dealkylation sites (tertiary alicyclic amines) is 1. The number of nitrogens with two attached hydrogens (primary N) is 1. The molecule has 2 atom stereocenters. The van der Waals surface area contributed by atoms with Crippen molar-refractivity contribution >= 4 is 12.1 Å². The molecule has 1 rings (SSSR count). The van der Waals surface area contributed by atoms with E-state index < -0.39 is 23.6 Å². The second kappa shape index (κ2) is 3.45. The summed E-state index contributed by atoms with van der Waals surface area (Å²) in [5.41, 5.74) is 5.12. The Bertz CT molecular complexity index is 264. The molecule has 80 valence electrons. The molecular formula is C8H14N2O4. The summed E-state index contributed by atoms with van der Waals surface area (Å²) in [6, 6.07) is -0.877. The Kier molecular flexibility index (Phi) is 2.66. The molecule has 0 radical (unpaired) electrons. The van der Waals surface area contributed by atoms with E-state index in [1.807, 2.05) is 0 Å². The molecule has 1 aliphatic heterocycles. The molecule has 1 amide bonds. The van der Waals surface area contributed by atoms with Crippen molar-refractivity contribution < 1.29 is 19.4 Å². The number of hydrogen-bond acceptors (Lipinski definition) is 4. The number of carbonyl (C=O) groups is 2. The highest BCUT2D eigenvalue weighted by atomic mass is 16.5. The van der Waals surface area contributed by atoms with Crippen LogP contribution in [0, 0.1) is 0 Å². The van der Waals surface area contributed by atoms with E-state index in [2.05, 4.69) is 4.74 Å². The van der Waals surface area contributed by atoms with E-state index in [1.54, 1.807) is 6.92 Å². The van der Waals surface area contributed by atoms with Gasteiger partial charge in [0.1, 0.15) is 6.04 Å². The van der Waals surface area contributed by atoms with E-state index in [1.165, 1.54) is 7.11 Å².